The topological polar surface area (TPSA) is 72.2 Å². The van der Waals surface area contributed by atoms with Gasteiger partial charge in [-0.1, -0.05) is 0 Å². The number of hydrogen-bond acceptors (Lipinski definition) is 3. The van der Waals surface area contributed by atoms with Crippen LogP contribution < -0.4 is 5.32 Å². The molecule has 0 spiro atoms. The zero-order valence-electron chi connectivity index (χ0n) is 10.9. The van der Waals surface area contributed by atoms with Crippen molar-refractivity contribution in [2.24, 2.45) is 0 Å². The molecule has 0 aliphatic carbocycles. The standard InChI is InChI=1S/C14H10F2N2O3/c1-8-4-9(2-3-13(8)16)14(19)17-11-5-10(15)6-12(7-11)18(20)21/h2-7H,1H3,(H,17,19). The second-order valence-corrected chi connectivity index (χ2v) is 4.37. The number of benzene rings is 2. The fourth-order valence-electron chi connectivity index (χ4n) is 1.74. The number of nitro groups is 1. The predicted octanol–water partition coefficient (Wildman–Crippen LogP) is 3.43. The number of nitrogens with one attached hydrogen (secondary N) is 1. The van der Waals surface area contributed by atoms with Crippen LogP contribution in [0.25, 0.3) is 0 Å². The number of aryl methyl sites for hydroxylation is 1. The number of nitrogens with zero attached hydrogens (tertiary/aromatic N) is 1. The molecule has 1 N–H and O–H groups in total. The number of nitro benzene ring substituents is 1. The summed E-state index contributed by atoms with van der Waals surface area (Å²) in [5, 5.41) is 13.0. The van der Waals surface area contributed by atoms with Crippen molar-refractivity contribution in [3.8, 4) is 0 Å². The number of rotatable bonds is 3. The van der Waals surface area contributed by atoms with Crippen LogP contribution >= 0.6 is 0 Å². The van der Waals surface area contributed by atoms with Crippen LogP contribution in [0.2, 0.25) is 0 Å². The van der Waals surface area contributed by atoms with Crippen molar-refractivity contribution in [1.82, 2.24) is 0 Å². The average Bonchev–Trinajstić information content (AvgIpc) is 2.41. The number of amides is 1. The van der Waals surface area contributed by atoms with Crippen LogP contribution in [-0.2, 0) is 0 Å². The Balaban J connectivity index is 2.27. The smallest absolute Gasteiger partial charge is 0.274 e. The monoisotopic (exact) mass is 292 g/mol. The van der Waals surface area contributed by atoms with Crippen LogP contribution in [0, 0.1) is 28.7 Å². The molecular formula is C14H10F2N2O3. The molecule has 2 rings (SSSR count). The van der Waals surface area contributed by atoms with Gasteiger partial charge in [0.25, 0.3) is 11.6 Å². The second-order valence-electron chi connectivity index (χ2n) is 4.37. The molecule has 0 heterocycles. The molecular weight excluding hydrogens is 282 g/mol. The van der Waals surface area contributed by atoms with Gasteiger partial charge < -0.3 is 5.32 Å². The lowest BCUT2D eigenvalue weighted by molar-refractivity contribution is -0.385. The average molecular weight is 292 g/mol. The van der Waals surface area contributed by atoms with E-state index in [4.69, 9.17) is 0 Å². The molecule has 2 aromatic carbocycles. The maximum absolute atomic E-state index is 13.3. The molecule has 0 saturated heterocycles. The minimum atomic E-state index is -0.838. The normalized spacial score (nSPS) is 10.2. The Labute approximate surface area is 118 Å². The van der Waals surface area contributed by atoms with Crippen molar-refractivity contribution in [2.75, 3.05) is 5.32 Å². The van der Waals surface area contributed by atoms with E-state index in [2.05, 4.69) is 5.32 Å². The first-order valence-electron chi connectivity index (χ1n) is 5.89. The number of halogens is 2. The first-order valence-corrected chi connectivity index (χ1v) is 5.89. The Morgan fingerprint density at radius 2 is 1.90 bits per heavy atom. The number of carbonyl (C=O) groups excluding carboxylic acids is 1. The molecule has 0 aromatic heterocycles. The molecule has 108 valence electrons. The van der Waals surface area contributed by atoms with E-state index in [0.29, 0.717) is 0 Å². The lowest BCUT2D eigenvalue weighted by Crippen LogP contribution is -2.12. The molecule has 0 radical (unpaired) electrons. The minimum absolute atomic E-state index is 0.0475. The molecule has 7 heteroatoms. The van der Waals surface area contributed by atoms with Gasteiger partial charge in [0, 0.05) is 11.6 Å². The van der Waals surface area contributed by atoms with E-state index < -0.39 is 28.2 Å². The van der Waals surface area contributed by atoms with Crippen molar-refractivity contribution in [1.29, 1.82) is 0 Å². The Bertz CT molecular complexity index is 732. The lowest BCUT2D eigenvalue weighted by atomic mass is 10.1. The van der Waals surface area contributed by atoms with Gasteiger partial charge >= 0.3 is 0 Å². The molecule has 0 fully saturated rings. The van der Waals surface area contributed by atoms with E-state index in [-0.39, 0.29) is 16.8 Å². The van der Waals surface area contributed by atoms with Crippen molar-refractivity contribution >= 4 is 17.3 Å². The van der Waals surface area contributed by atoms with E-state index in [0.717, 1.165) is 24.3 Å². The zero-order valence-corrected chi connectivity index (χ0v) is 10.9. The third-order valence-electron chi connectivity index (χ3n) is 2.77. The van der Waals surface area contributed by atoms with E-state index in [1.807, 2.05) is 0 Å². The summed E-state index contributed by atoms with van der Waals surface area (Å²) in [4.78, 5) is 21.8. The third-order valence-corrected chi connectivity index (χ3v) is 2.77. The van der Waals surface area contributed by atoms with Crippen molar-refractivity contribution in [3.05, 3.63) is 69.3 Å². The minimum Gasteiger partial charge on any atom is -0.322 e. The van der Waals surface area contributed by atoms with E-state index in [1.54, 1.807) is 0 Å². The van der Waals surface area contributed by atoms with Gasteiger partial charge in [-0.2, -0.15) is 0 Å². The Hall–Kier alpha value is -2.83. The van der Waals surface area contributed by atoms with Gasteiger partial charge in [0.1, 0.15) is 11.6 Å². The van der Waals surface area contributed by atoms with Crippen LogP contribution in [0.15, 0.2) is 36.4 Å². The van der Waals surface area contributed by atoms with Crippen molar-refractivity contribution < 1.29 is 18.5 Å². The number of non-ortho nitro benzene ring substituents is 1. The van der Waals surface area contributed by atoms with Gasteiger partial charge in [0.2, 0.25) is 0 Å². The quantitative estimate of drug-likeness (QED) is 0.695. The zero-order chi connectivity index (χ0) is 15.6. The van der Waals surface area contributed by atoms with Gasteiger partial charge in [-0.15, -0.1) is 0 Å². The highest BCUT2D eigenvalue weighted by molar-refractivity contribution is 6.04. The molecule has 1 amide bonds. The van der Waals surface area contributed by atoms with Crippen LogP contribution in [-0.4, -0.2) is 10.8 Å². The molecule has 0 bridgehead atoms. The molecule has 2 aromatic rings. The Morgan fingerprint density at radius 1 is 1.19 bits per heavy atom. The molecule has 0 unspecified atom stereocenters. The molecule has 5 nitrogen and oxygen atoms in total. The third kappa shape index (κ3) is 3.38. The summed E-state index contributed by atoms with van der Waals surface area (Å²) in [5.41, 5.74) is -0.0667. The summed E-state index contributed by atoms with van der Waals surface area (Å²) in [6.45, 7) is 1.50. The molecule has 0 saturated carbocycles. The SMILES string of the molecule is Cc1cc(C(=O)Nc2cc(F)cc([N+](=O)[O-])c2)ccc1F. The second kappa shape index (κ2) is 5.66. The van der Waals surface area contributed by atoms with Crippen molar-refractivity contribution in [2.45, 2.75) is 6.92 Å². The Morgan fingerprint density at radius 3 is 2.52 bits per heavy atom. The summed E-state index contributed by atoms with van der Waals surface area (Å²) in [5.74, 6) is -1.90. The molecule has 0 aliphatic heterocycles. The number of hydrogen-bond donors (Lipinski definition) is 1. The maximum atomic E-state index is 13.3. The van der Waals surface area contributed by atoms with Gasteiger partial charge in [0.15, 0.2) is 0 Å². The first kappa shape index (κ1) is 14.6. The van der Waals surface area contributed by atoms with Crippen LogP contribution in [0.5, 0.6) is 0 Å². The van der Waals surface area contributed by atoms with E-state index >= 15 is 0 Å². The lowest BCUT2D eigenvalue weighted by Gasteiger charge is -2.06. The summed E-state index contributed by atoms with van der Waals surface area (Å²) < 4.78 is 26.4. The first-order chi connectivity index (χ1) is 9.86. The highest BCUT2D eigenvalue weighted by Gasteiger charge is 2.13. The fourth-order valence-corrected chi connectivity index (χ4v) is 1.74. The van der Waals surface area contributed by atoms with Gasteiger partial charge in [-0.25, -0.2) is 8.78 Å². The van der Waals surface area contributed by atoms with Gasteiger partial charge in [-0.3, -0.25) is 14.9 Å². The van der Waals surface area contributed by atoms with E-state index in [9.17, 15) is 23.7 Å². The van der Waals surface area contributed by atoms with Crippen LogP contribution in [0.3, 0.4) is 0 Å². The molecule has 21 heavy (non-hydrogen) atoms. The Kier molecular flexibility index (Phi) is 3.93. The summed E-state index contributed by atoms with van der Waals surface area (Å²) in [6.07, 6.45) is 0. The highest BCUT2D eigenvalue weighted by Crippen LogP contribution is 2.21. The largest absolute Gasteiger partial charge is 0.322 e. The highest BCUT2D eigenvalue weighted by atomic mass is 19.1. The summed E-state index contributed by atoms with van der Waals surface area (Å²) in [7, 11) is 0. The van der Waals surface area contributed by atoms with E-state index in [1.165, 1.54) is 19.1 Å². The van der Waals surface area contributed by atoms with Gasteiger partial charge in [-0.05, 0) is 36.8 Å². The summed E-state index contributed by atoms with van der Waals surface area (Å²) >= 11 is 0. The fraction of sp³-hybridized carbons (Fsp3) is 0.0714. The predicted molar refractivity (Wildman–Crippen MR) is 72.1 cm³/mol. The van der Waals surface area contributed by atoms with Crippen LogP contribution in [0.1, 0.15) is 15.9 Å². The summed E-state index contributed by atoms with van der Waals surface area (Å²) in [6, 6.07) is 6.48. The van der Waals surface area contributed by atoms with Crippen molar-refractivity contribution in [3.63, 3.8) is 0 Å². The maximum Gasteiger partial charge on any atom is 0.274 e. The number of carbonyl (C=O) groups is 1. The molecule has 0 aliphatic rings. The molecule has 0 atom stereocenters. The van der Waals surface area contributed by atoms with Crippen LogP contribution in [0.4, 0.5) is 20.2 Å². The van der Waals surface area contributed by atoms with Gasteiger partial charge in [0.05, 0.1) is 16.7 Å². The number of anilines is 1.